The maximum absolute atomic E-state index is 13.6. The van der Waals surface area contributed by atoms with Gasteiger partial charge in [-0.1, -0.05) is 30.7 Å². The zero-order valence-corrected chi connectivity index (χ0v) is 18.0. The molecule has 0 saturated carbocycles. The summed E-state index contributed by atoms with van der Waals surface area (Å²) in [5, 5.41) is 4.21. The van der Waals surface area contributed by atoms with Crippen LogP contribution in [0.25, 0.3) is 0 Å². The van der Waals surface area contributed by atoms with Gasteiger partial charge in [0.1, 0.15) is 0 Å². The number of ether oxygens (including phenoxy) is 1. The van der Waals surface area contributed by atoms with E-state index in [0.717, 1.165) is 43.9 Å². The van der Waals surface area contributed by atoms with Gasteiger partial charge in [-0.25, -0.2) is 0 Å². The maximum atomic E-state index is 13.6. The molecule has 156 valence electrons. The van der Waals surface area contributed by atoms with Gasteiger partial charge in [0.15, 0.2) is 0 Å². The fourth-order valence-corrected chi connectivity index (χ4v) is 4.86. The third-order valence-corrected chi connectivity index (χ3v) is 6.35. The summed E-state index contributed by atoms with van der Waals surface area (Å²) in [4.78, 5) is 18.0. The fourth-order valence-electron chi connectivity index (χ4n) is 4.65. The number of nitrogens with one attached hydrogen (secondary N) is 1. The highest BCUT2D eigenvalue weighted by Gasteiger charge is 2.38. The van der Waals surface area contributed by atoms with Gasteiger partial charge in [0.05, 0.1) is 19.3 Å². The molecule has 0 spiro atoms. The van der Waals surface area contributed by atoms with E-state index in [-0.39, 0.29) is 18.0 Å². The van der Waals surface area contributed by atoms with Gasteiger partial charge in [-0.05, 0) is 69.4 Å². The average Bonchev–Trinajstić information content (AvgIpc) is 2.72. The van der Waals surface area contributed by atoms with Crippen LogP contribution in [-0.4, -0.2) is 73.7 Å². The first-order valence-electron chi connectivity index (χ1n) is 10.7. The third kappa shape index (κ3) is 5.47. The number of morpholine rings is 1. The number of piperidine rings is 1. The van der Waals surface area contributed by atoms with Crippen molar-refractivity contribution in [2.45, 2.75) is 45.2 Å². The quantitative estimate of drug-likeness (QED) is 0.754. The molecule has 2 unspecified atom stereocenters. The Morgan fingerprint density at radius 3 is 2.68 bits per heavy atom. The van der Waals surface area contributed by atoms with Crippen molar-refractivity contribution >= 4 is 17.5 Å². The lowest BCUT2D eigenvalue weighted by Crippen LogP contribution is -2.58. The SMILES string of the molecule is CCN(C(C)Cc1cccc(Cl)c1)C(C(=O)N1CCOCC1)C1CCNCC1. The molecule has 2 aliphatic heterocycles. The number of nitrogens with zero attached hydrogens (tertiary/aromatic N) is 2. The Bertz CT molecular complexity index is 630. The molecule has 1 N–H and O–H groups in total. The molecule has 2 fully saturated rings. The first-order valence-corrected chi connectivity index (χ1v) is 11.1. The summed E-state index contributed by atoms with van der Waals surface area (Å²) in [5.74, 6) is 0.688. The predicted octanol–water partition coefficient (Wildman–Crippen LogP) is 2.82. The zero-order chi connectivity index (χ0) is 19.9. The summed E-state index contributed by atoms with van der Waals surface area (Å²) in [6.45, 7) is 9.99. The summed E-state index contributed by atoms with van der Waals surface area (Å²) >= 11 is 6.18. The Balaban J connectivity index is 1.79. The lowest BCUT2D eigenvalue weighted by Gasteiger charge is -2.43. The van der Waals surface area contributed by atoms with Crippen LogP contribution in [0.4, 0.5) is 0 Å². The summed E-state index contributed by atoms with van der Waals surface area (Å²) < 4.78 is 5.47. The molecule has 2 heterocycles. The molecule has 0 bridgehead atoms. The van der Waals surface area contributed by atoms with Gasteiger partial charge in [0, 0.05) is 24.2 Å². The van der Waals surface area contributed by atoms with Gasteiger partial charge in [-0.15, -0.1) is 0 Å². The van der Waals surface area contributed by atoms with Crippen molar-refractivity contribution in [2.24, 2.45) is 5.92 Å². The number of hydrogen-bond donors (Lipinski definition) is 1. The Labute approximate surface area is 174 Å². The van der Waals surface area contributed by atoms with Crippen LogP contribution in [0.2, 0.25) is 5.02 Å². The molecule has 2 atom stereocenters. The first kappa shape index (κ1) is 21.6. The van der Waals surface area contributed by atoms with Crippen molar-refractivity contribution in [2.75, 3.05) is 45.9 Å². The molecule has 0 aromatic heterocycles. The van der Waals surface area contributed by atoms with Crippen molar-refractivity contribution < 1.29 is 9.53 Å². The van der Waals surface area contributed by atoms with E-state index in [2.05, 4.69) is 30.1 Å². The van der Waals surface area contributed by atoms with Crippen LogP contribution < -0.4 is 5.32 Å². The van der Waals surface area contributed by atoms with Crippen molar-refractivity contribution in [3.8, 4) is 0 Å². The molecule has 0 aliphatic carbocycles. The topological polar surface area (TPSA) is 44.8 Å². The standard InChI is InChI=1S/C22H34ClN3O2/c1-3-26(17(2)15-18-5-4-6-20(23)16-18)21(19-7-9-24-10-8-19)22(27)25-11-13-28-14-12-25/h4-6,16-17,19,21,24H,3,7-15H2,1-2H3. The molecule has 28 heavy (non-hydrogen) atoms. The second-order valence-electron chi connectivity index (χ2n) is 7.98. The molecule has 2 aliphatic rings. The Hall–Kier alpha value is -1.14. The minimum absolute atomic E-state index is 0.0561. The summed E-state index contributed by atoms with van der Waals surface area (Å²) in [5.41, 5.74) is 1.22. The maximum Gasteiger partial charge on any atom is 0.240 e. The number of rotatable bonds is 7. The van der Waals surface area contributed by atoms with E-state index in [0.29, 0.717) is 32.2 Å². The molecule has 1 aromatic rings. The monoisotopic (exact) mass is 407 g/mol. The van der Waals surface area contributed by atoms with Crippen LogP contribution >= 0.6 is 11.6 Å². The number of amides is 1. The van der Waals surface area contributed by atoms with E-state index in [9.17, 15) is 4.79 Å². The van der Waals surface area contributed by atoms with Crippen LogP contribution in [0.3, 0.4) is 0 Å². The first-order chi connectivity index (χ1) is 13.6. The van der Waals surface area contributed by atoms with Crippen LogP contribution in [0.15, 0.2) is 24.3 Å². The van der Waals surface area contributed by atoms with Crippen LogP contribution in [-0.2, 0) is 16.0 Å². The van der Waals surface area contributed by atoms with Crippen molar-refractivity contribution in [3.05, 3.63) is 34.9 Å². The average molecular weight is 408 g/mol. The number of carbonyl (C=O) groups excluding carboxylic acids is 1. The molecule has 2 saturated heterocycles. The molecular formula is C22H34ClN3O2. The molecule has 6 heteroatoms. The lowest BCUT2D eigenvalue weighted by atomic mass is 9.86. The highest BCUT2D eigenvalue weighted by molar-refractivity contribution is 6.30. The number of hydrogen-bond acceptors (Lipinski definition) is 4. The van der Waals surface area contributed by atoms with E-state index in [4.69, 9.17) is 16.3 Å². The van der Waals surface area contributed by atoms with Gasteiger partial charge in [0.25, 0.3) is 0 Å². The predicted molar refractivity (Wildman–Crippen MR) is 114 cm³/mol. The van der Waals surface area contributed by atoms with Gasteiger partial charge >= 0.3 is 0 Å². The smallest absolute Gasteiger partial charge is 0.240 e. The molecule has 1 aromatic carbocycles. The van der Waals surface area contributed by atoms with Gasteiger partial charge in [0.2, 0.25) is 5.91 Å². The highest BCUT2D eigenvalue weighted by Crippen LogP contribution is 2.26. The second kappa shape index (κ2) is 10.6. The van der Waals surface area contributed by atoms with E-state index < -0.39 is 0 Å². The second-order valence-corrected chi connectivity index (χ2v) is 8.42. The van der Waals surface area contributed by atoms with Crippen molar-refractivity contribution in [1.29, 1.82) is 0 Å². The number of carbonyl (C=O) groups is 1. The Morgan fingerprint density at radius 1 is 1.32 bits per heavy atom. The minimum atomic E-state index is -0.0561. The molecule has 3 rings (SSSR count). The van der Waals surface area contributed by atoms with E-state index in [1.807, 2.05) is 23.1 Å². The number of benzene rings is 1. The largest absolute Gasteiger partial charge is 0.378 e. The fraction of sp³-hybridized carbons (Fsp3) is 0.682. The van der Waals surface area contributed by atoms with Crippen LogP contribution in [0.1, 0.15) is 32.3 Å². The van der Waals surface area contributed by atoms with Gasteiger partial charge in [-0.3, -0.25) is 9.69 Å². The van der Waals surface area contributed by atoms with E-state index in [1.54, 1.807) is 0 Å². The van der Waals surface area contributed by atoms with Gasteiger partial charge in [-0.2, -0.15) is 0 Å². The molecular weight excluding hydrogens is 374 g/mol. The minimum Gasteiger partial charge on any atom is -0.378 e. The summed E-state index contributed by atoms with van der Waals surface area (Å²) in [7, 11) is 0. The molecule has 0 radical (unpaired) electrons. The van der Waals surface area contributed by atoms with Gasteiger partial charge < -0.3 is 15.0 Å². The highest BCUT2D eigenvalue weighted by atomic mass is 35.5. The van der Waals surface area contributed by atoms with Crippen LogP contribution in [0, 0.1) is 5.92 Å². The Kier molecular flexibility index (Phi) is 8.15. The van der Waals surface area contributed by atoms with E-state index >= 15 is 0 Å². The van der Waals surface area contributed by atoms with Crippen LogP contribution in [0.5, 0.6) is 0 Å². The third-order valence-electron chi connectivity index (χ3n) is 6.11. The molecule has 5 nitrogen and oxygen atoms in total. The lowest BCUT2D eigenvalue weighted by molar-refractivity contribution is -0.144. The van der Waals surface area contributed by atoms with E-state index in [1.165, 1.54) is 5.56 Å². The normalized spacial score (nSPS) is 20.9. The number of likely N-dealkylation sites (N-methyl/N-ethyl adjacent to an activating group) is 1. The number of halogens is 1. The van der Waals surface area contributed by atoms with Crippen molar-refractivity contribution in [1.82, 2.24) is 15.1 Å². The zero-order valence-electron chi connectivity index (χ0n) is 17.2. The summed E-state index contributed by atoms with van der Waals surface area (Å²) in [6, 6.07) is 8.29. The van der Waals surface area contributed by atoms with Crippen molar-refractivity contribution in [3.63, 3.8) is 0 Å². The summed E-state index contributed by atoms with van der Waals surface area (Å²) in [6.07, 6.45) is 3.01. The molecule has 1 amide bonds. The Morgan fingerprint density at radius 2 is 2.04 bits per heavy atom.